The van der Waals surface area contributed by atoms with E-state index in [-0.39, 0.29) is 11.7 Å². The quantitative estimate of drug-likeness (QED) is 0.275. The zero-order valence-electron chi connectivity index (χ0n) is 20.4. The number of benzene rings is 3. The first-order chi connectivity index (χ1) is 16.9. The number of aromatic nitrogens is 3. The number of aromatic amines is 1. The van der Waals surface area contributed by atoms with Gasteiger partial charge in [-0.25, -0.2) is 9.37 Å². The molecule has 0 saturated carbocycles. The van der Waals surface area contributed by atoms with Crippen LogP contribution in [-0.4, -0.2) is 20.7 Å². The predicted octanol–water partition coefficient (Wildman–Crippen LogP) is 7.99. The predicted molar refractivity (Wildman–Crippen MR) is 142 cm³/mol. The Morgan fingerprint density at radius 2 is 1.66 bits per heavy atom. The number of nitrogens with one attached hydrogen (secondary N) is 1. The standard InChI is InChI=1S/C30H27FN4/c1-16(2)26-14-24-20-9-7-18(12-23(20)28-22(29(24)34-26)6-5-11-32-28)19-8-10-21(25(31)13-19)27-15-33-30(35-27)17(3)4/h5-13,15-17H,14H2,1-4H3,(H,33,35). The number of imidazole rings is 1. The maximum Gasteiger partial charge on any atom is 0.133 e. The Kier molecular flexibility index (Phi) is 5.03. The molecule has 1 aliphatic heterocycles. The third kappa shape index (κ3) is 3.54. The molecule has 0 amide bonds. The van der Waals surface area contributed by atoms with Crippen LogP contribution in [0.2, 0.25) is 0 Å². The molecule has 0 aliphatic carbocycles. The van der Waals surface area contributed by atoms with Crippen molar-refractivity contribution in [3.63, 3.8) is 0 Å². The molecule has 35 heavy (non-hydrogen) atoms. The molecular formula is C30H27FN4. The Bertz CT molecular complexity index is 1640. The lowest BCUT2D eigenvalue weighted by atomic mass is 9.92. The SMILES string of the molecule is CC(C)C1=Nc2c(c3ccc(-c4ccc(-c5cnc(C(C)C)[nH]5)c(F)c4)cc3c3ncccc23)C1. The summed E-state index contributed by atoms with van der Waals surface area (Å²) in [6.45, 7) is 8.50. The van der Waals surface area contributed by atoms with Gasteiger partial charge in [-0.15, -0.1) is 0 Å². The van der Waals surface area contributed by atoms with E-state index in [9.17, 15) is 0 Å². The summed E-state index contributed by atoms with van der Waals surface area (Å²) in [5.74, 6) is 1.25. The molecule has 5 heteroatoms. The lowest BCUT2D eigenvalue weighted by Crippen LogP contribution is -2.06. The van der Waals surface area contributed by atoms with Gasteiger partial charge in [0.05, 0.1) is 23.1 Å². The second-order valence-corrected chi connectivity index (χ2v) is 9.95. The third-order valence-corrected chi connectivity index (χ3v) is 6.96. The number of rotatable bonds is 4. The number of H-pyrrole nitrogens is 1. The van der Waals surface area contributed by atoms with Crippen LogP contribution in [0.1, 0.15) is 45.0 Å². The van der Waals surface area contributed by atoms with Gasteiger partial charge in [-0.2, -0.15) is 0 Å². The van der Waals surface area contributed by atoms with E-state index in [0.29, 0.717) is 17.2 Å². The van der Waals surface area contributed by atoms with Crippen molar-refractivity contribution >= 4 is 33.1 Å². The van der Waals surface area contributed by atoms with Crippen molar-refractivity contribution in [2.24, 2.45) is 10.9 Å². The summed E-state index contributed by atoms with van der Waals surface area (Å²) >= 11 is 0. The normalized spacial score (nSPS) is 13.3. The fourth-order valence-electron chi connectivity index (χ4n) is 4.97. The van der Waals surface area contributed by atoms with Gasteiger partial charge in [0, 0.05) is 40.6 Å². The highest BCUT2D eigenvalue weighted by atomic mass is 19.1. The van der Waals surface area contributed by atoms with Crippen LogP contribution in [0.3, 0.4) is 0 Å². The first kappa shape index (κ1) is 21.7. The molecule has 3 heterocycles. The second kappa shape index (κ2) is 8.12. The van der Waals surface area contributed by atoms with Gasteiger partial charge in [-0.3, -0.25) is 9.98 Å². The van der Waals surface area contributed by atoms with Crippen LogP contribution in [0.15, 0.2) is 65.9 Å². The van der Waals surface area contributed by atoms with Crippen molar-refractivity contribution in [1.29, 1.82) is 0 Å². The van der Waals surface area contributed by atoms with E-state index in [2.05, 4.69) is 61.9 Å². The molecule has 0 fully saturated rings. The molecule has 0 spiro atoms. The minimum atomic E-state index is -0.270. The molecule has 1 aliphatic rings. The van der Waals surface area contributed by atoms with Crippen LogP contribution in [0.25, 0.3) is 44.1 Å². The van der Waals surface area contributed by atoms with Crippen LogP contribution in [0, 0.1) is 11.7 Å². The van der Waals surface area contributed by atoms with E-state index in [1.165, 1.54) is 16.7 Å². The van der Waals surface area contributed by atoms with Crippen molar-refractivity contribution in [2.75, 3.05) is 0 Å². The molecule has 2 aromatic heterocycles. The second-order valence-electron chi connectivity index (χ2n) is 9.95. The summed E-state index contributed by atoms with van der Waals surface area (Å²) in [7, 11) is 0. The number of hydrogen-bond acceptors (Lipinski definition) is 3. The smallest absolute Gasteiger partial charge is 0.133 e. The Hall–Kier alpha value is -3.86. The molecule has 3 aromatic carbocycles. The van der Waals surface area contributed by atoms with Crippen LogP contribution in [0.4, 0.5) is 10.1 Å². The Morgan fingerprint density at radius 1 is 0.857 bits per heavy atom. The van der Waals surface area contributed by atoms with Gasteiger partial charge in [-0.05, 0) is 58.3 Å². The van der Waals surface area contributed by atoms with Crippen molar-refractivity contribution in [3.8, 4) is 22.4 Å². The first-order valence-corrected chi connectivity index (χ1v) is 12.2. The number of fused-ring (bicyclic) bond motifs is 6. The van der Waals surface area contributed by atoms with E-state index in [4.69, 9.17) is 9.98 Å². The summed E-state index contributed by atoms with van der Waals surface area (Å²) in [4.78, 5) is 17.3. The summed E-state index contributed by atoms with van der Waals surface area (Å²) in [5.41, 5.74) is 7.47. The molecular weight excluding hydrogens is 435 g/mol. The number of hydrogen-bond donors (Lipinski definition) is 1. The number of aliphatic imine (C=N–C) groups is 1. The van der Waals surface area contributed by atoms with E-state index in [1.54, 1.807) is 12.3 Å². The highest BCUT2D eigenvalue weighted by Crippen LogP contribution is 2.43. The van der Waals surface area contributed by atoms with Crippen molar-refractivity contribution in [3.05, 3.63) is 78.1 Å². The van der Waals surface area contributed by atoms with Crippen LogP contribution in [-0.2, 0) is 6.42 Å². The zero-order valence-corrected chi connectivity index (χ0v) is 20.4. The monoisotopic (exact) mass is 462 g/mol. The molecule has 0 unspecified atom stereocenters. The van der Waals surface area contributed by atoms with Gasteiger partial charge in [0.25, 0.3) is 0 Å². The number of halogens is 1. The first-order valence-electron chi connectivity index (χ1n) is 12.2. The maximum absolute atomic E-state index is 15.2. The molecule has 0 atom stereocenters. The van der Waals surface area contributed by atoms with E-state index >= 15 is 4.39 Å². The minimum Gasteiger partial charge on any atom is -0.342 e. The summed E-state index contributed by atoms with van der Waals surface area (Å²) < 4.78 is 15.2. The topological polar surface area (TPSA) is 53.9 Å². The highest BCUT2D eigenvalue weighted by molar-refractivity contribution is 6.17. The Balaban J connectivity index is 1.47. The van der Waals surface area contributed by atoms with Crippen molar-refractivity contribution < 1.29 is 4.39 Å². The summed E-state index contributed by atoms with van der Waals surface area (Å²) in [6, 6.07) is 15.8. The van der Waals surface area contributed by atoms with Crippen LogP contribution in [0.5, 0.6) is 0 Å². The molecule has 6 rings (SSSR count). The fourth-order valence-corrected chi connectivity index (χ4v) is 4.97. The highest BCUT2D eigenvalue weighted by Gasteiger charge is 2.23. The lowest BCUT2D eigenvalue weighted by molar-refractivity contribution is 0.631. The molecule has 4 nitrogen and oxygen atoms in total. The Morgan fingerprint density at radius 3 is 2.40 bits per heavy atom. The molecule has 0 radical (unpaired) electrons. The van der Waals surface area contributed by atoms with Crippen molar-refractivity contribution in [2.45, 2.75) is 40.0 Å². The summed E-state index contributed by atoms with van der Waals surface area (Å²) in [6.07, 6.45) is 4.39. The zero-order chi connectivity index (χ0) is 24.3. The summed E-state index contributed by atoms with van der Waals surface area (Å²) in [5, 5.41) is 3.33. The van der Waals surface area contributed by atoms with Crippen LogP contribution >= 0.6 is 0 Å². The molecule has 1 N–H and O–H groups in total. The van der Waals surface area contributed by atoms with Gasteiger partial charge < -0.3 is 4.98 Å². The minimum absolute atomic E-state index is 0.260. The fraction of sp³-hybridized carbons (Fsp3) is 0.233. The van der Waals surface area contributed by atoms with E-state index < -0.39 is 0 Å². The van der Waals surface area contributed by atoms with Crippen molar-refractivity contribution in [1.82, 2.24) is 15.0 Å². The molecule has 5 aromatic rings. The molecule has 174 valence electrons. The van der Waals surface area contributed by atoms with Gasteiger partial charge >= 0.3 is 0 Å². The average Bonchev–Trinajstić information content (AvgIpc) is 3.52. The molecule has 0 bridgehead atoms. The number of pyridine rings is 1. The van der Waals surface area contributed by atoms with E-state index in [0.717, 1.165) is 45.3 Å². The lowest BCUT2D eigenvalue weighted by Gasteiger charge is -2.12. The van der Waals surface area contributed by atoms with Gasteiger partial charge in [0.2, 0.25) is 0 Å². The Labute approximate surface area is 204 Å². The number of nitrogens with zero attached hydrogens (tertiary/aromatic N) is 3. The van der Waals surface area contributed by atoms with E-state index in [1.807, 2.05) is 24.4 Å². The molecule has 0 saturated heterocycles. The van der Waals surface area contributed by atoms with Gasteiger partial charge in [0.1, 0.15) is 11.6 Å². The van der Waals surface area contributed by atoms with Gasteiger partial charge in [-0.1, -0.05) is 45.9 Å². The third-order valence-electron chi connectivity index (χ3n) is 6.96. The maximum atomic E-state index is 15.2. The average molecular weight is 463 g/mol. The van der Waals surface area contributed by atoms with Gasteiger partial charge in [0.15, 0.2) is 0 Å². The van der Waals surface area contributed by atoms with Crippen LogP contribution < -0.4 is 0 Å². The largest absolute Gasteiger partial charge is 0.342 e.